The van der Waals surface area contributed by atoms with Crippen LogP contribution >= 0.6 is 11.6 Å². The predicted octanol–water partition coefficient (Wildman–Crippen LogP) is 4.06. The summed E-state index contributed by atoms with van der Waals surface area (Å²) in [6.07, 6.45) is 2.66. The number of hydrogen-bond acceptors (Lipinski definition) is 8. The van der Waals surface area contributed by atoms with Crippen LogP contribution in [0.2, 0.25) is 5.02 Å². The van der Waals surface area contributed by atoms with Gasteiger partial charge < -0.3 is 25.6 Å². The van der Waals surface area contributed by atoms with Crippen LogP contribution in [0.4, 0.5) is 5.82 Å². The first-order valence-electron chi connectivity index (χ1n) is 13.2. The molecule has 11 heteroatoms. The fourth-order valence-corrected chi connectivity index (χ4v) is 3.98. The molecule has 1 aromatic heterocycles. The predicted molar refractivity (Wildman–Crippen MR) is 152 cm³/mol. The molecule has 0 aliphatic heterocycles. The number of aliphatic hydroxyl groups is 1. The van der Waals surface area contributed by atoms with Crippen molar-refractivity contribution in [2.75, 3.05) is 25.6 Å². The van der Waals surface area contributed by atoms with Crippen LogP contribution in [0, 0.1) is 6.92 Å². The standard InChI is InChI=1S/C27H29ClN4O5.C2H6O/c1-3-36-27(35)23-24(29)32(22-14-18(9-7-16(22)2)25(34)30-20-10-11-20)31-26(23)37-15-21(33)12-8-17-5-4-6-19(28)13-17;1-2-3/h4-7,9,13-14,20H,3,8,10-12,15,29H2,1-2H3,(H,30,34);3H,2H2,1H3. The third-order valence-corrected chi connectivity index (χ3v) is 6.17. The van der Waals surface area contributed by atoms with Crippen molar-refractivity contribution in [2.45, 2.75) is 52.5 Å². The van der Waals surface area contributed by atoms with E-state index in [2.05, 4.69) is 10.4 Å². The molecule has 0 bridgehead atoms. The zero-order valence-corrected chi connectivity index (χ0v) is 23.7. The number of hydrogen-bond donors (Lipinski definition) is 3. The van der Waals surface area contributed by atoms with Gasteiger partial charge in [0.1, 0.15) is 12.4 Å². The van der Waals surface area contributed by atoms with Gasteiger partial charge in [-0.05, 0) is 75.4 Å². The number of Topliss-reactive ketones (excluding diaryl/α,β-unsaturated/α-hetero) is 1. The van der Waals surface area contributed by atoms with Crippen LogP contribution in [0.3, 0.4) is 0 Å². The van der Waals surface area contributed by atoms with Gasteiger partial charge in [-0.2, -0.15) is 0 Å². The molecule has 10 nitrogen and oxygen atoms in total. The highest BCUT2D eigenvalue weighted by atomic mass is 35.5. The van der Waals surface area contributed by atoms with Gasteiger partial charge in [0.25, 0.3) is 11.8 Å². The van der Waals surface area contributed by atoms with Gasteiger partial charge >= 0.3 is 5.97 Å². The monoisotopic (exact) mass is 570 g/mol. The van der Waals surface area contributed by atoms with E-state index in [-0.39, 0.29) is 61.2 Å². The maximum atomic E-state index is 12.7. The summed E-state index contributed by atoms with van der Waals surface area (Å²) in [7, 11) is 0. The smallest absolute Gasteiger partial charge is 0.347 e. The molecular formula is C29H35ClN4O6. The number of nitrogens with one attached hydrogen (secondary N) is 1. The quantitative estimate of drug-likeness (QED) is 0.292. The largest absolute Gasteiger partial charge is 0.468 e. The lowest BCUT2D eigenvalue weighted by molar-refractivity contribution is -0.121. The Morgan fingerprint density at radius 1 is 1.18 bits per heavy atom. The number of rotatable bonds is 11. The number of amides is 1. The molecule has 4 rings (SSSR count). The number of aliphatic hydroxyl groups excluding tert-OH is 1. The van der Waals surface area contributed by atoms with E-state index in [4.69, 9.17) is 31.9 Å². The minimum absolute atomic E-state index is 0.0114. The first-order valence-corrected chi connectivity index (χ1v) is 13.5. The number of esters is 1. The molecule has 40 heavy (non-hydrogen) atoms. The van der Waals surface area contributed by atoms with Gasteiger partial charge in [-0.1, -0.05) is 29.8 Å². The highest BCUT2D eigenvalue weighted by molar-refractivity contribution is 6.30. The highest BCUT2D eigenvalue weighted by Crippen LogP contribution is 2.30. The van der Waals surface area contributed by atoms with Crippen LogP contribution in [-0.2, 0) is 16.0 Å². The Morgan fingerprint density at radius 3 is 2.55 bits per heavy atom. The fourth-order valence-electron chi connectivity index (χ4n) is 3.76. The lowest BCUT2D eigenvalue weighted by atomic mass is 10.1. The number of ether oxygens (including phenoxy) is 2. The summed E-state index contributed by atoms with van der Waals surface area (Å²) >= 11 is 6.01. The van der Waals surface area contributed by atoms with E-state index in [1.54, 1.807) is 44.2 Å². The number of benzene rings is 2. The zero-order chi connectivity index (χ0) is 29.2. The van der Waals surface area contributed by atoms with Crippen LogP contribution in [0.5, 0.6) is 5.88 Å². The molecule has 1 aliphatic carbocycles. The van der Waals surface area contributed by atoms with Gasteiger partial charge in [0.15, 0.2) is 11.3 Å². The summed E-state index contributed by atoms with van der Waals surface area (Å²) in [5.74, 6) is -1.21. The molecular weight excluding hydrogens is 536 g/mol. The fraction of sp³-hybridized carbons (Fsp3) is 0.379. The van der Waals surface area contributed by atoms with Crippen molar-refractivity contribution in [3.8, 4) is 11.6 Å². The number of anilines is 1. The lowest BCUT2D eigenvalue weighted by Crippen LogP contribution is -2.25. The lowest BCUT2D eigenvalue weighted by Gasteiger charge is -2.11. The minimum Gasteiger partial charge on any atom is -0.468 e. The van der Waals surface area contributed by atoms with Gasteiger partial charge in [0.2, 0.25) is 0 Å². The Balaban J connectivity index is 0.00000141. The molecule has 2 aromatic carbocycles. The Morgan fingerprint density at radius 2 is 1.90 bits per heavy atom. The number of nitrogens with zero attached hydrogens (tertiary/aromatic N) is 2. The molecule has 1 fully saturated rings. The molecule has 0 radical (unpaired) electrons. The third-order valence-electron chi connectivity index (χ3n) is 5.93. The van der Waals surface area contributed by atoms with Crippen molar-refractivity contribution in [1.29, 1.82) is 0 Å². The Labute approximate surface area is 238 Å². The first kappa shape index (κ1) is 30.6. The summed E-state index contributed by atoms with van der Waals surface area (Å²) in [4.78, 5) is 37.8. The number of carbonyl (C=O) groups is 3. The van der Waals surface area contributed by atoms with E-state index in [0.29, 0.717) is 22.7 Å². The summed E-state index contributed by atoms with van der Waals surface area (Å²) in [6, 6.07) is 12.7. The SMILES string of the molecule is CCO.CCOC(=O)c1c(OCC(=O)CCc2cccc(Cl)c2)nn(-c2cc(C(=O)NC3CC3)ccc2C)c1N. The van der Waals surface area contributed by atoms with E-state index in [0.717, 1.165) is 24.0 Å². The molecule has 0 atom stereocenters. The van der Waals surface area contributed by atoms with Gasteiger partial charge in [-0.25, -0.2) is 9.48 Å². The molecule has 4 N–H and O–H groups in total. The maximum Gasteiger partial charge on any atom is 0.347 e. The van der Waals surface area contributed by atoms with E-state index in [9.17, 15) is 14.4 Å². The number of aryl methyl sites for hydroxylation is 2. The van der Waals surface area contributed by atoms with Crippen LogP contribution in [0.25, 0.3) is 5.69 Å². The summed E-state index contributed by atoms with van der Waals surface area (Å²) in [5, 5.41) is 15.5. The van der Waals surface area contributed by atoms with Crippen LogP contribution in [-0.4, -0.2) is 58.4 Å². The number of nitrogen functional groups attached to an aromatic ring is 1. The van der Waals surface area contributed by atoms with E-state index >= 15 is 0 Å². The molecule has 214 valence electrons. The normalized spacial score (nSPS) is 12.2. The van der Waals surface area contributed by atoms with Crippen molar-refractivity contribution < 1.29 is 29.0 Å². The van der Waals surface area contributed by atoms with Crippen molar-refractivity contribution in [3.05, 3.63) is 69.7 Å². The number of halogens is 1. The summed E-state index contributed by atoms with van der Waals surface area (Å²) < 4.78 is 12.2. The number of nitrogens with two attached hydrogens (primary N) is 1. The maximum absolute atomic E-state index is 12.7. The van der Waals surface area contributed by atoms with E-state index < -0.39 is 5.97 Å². The minimum atomic E-state index is -0.715. The topological polar surface area (TPSA) is 146 Å². The van der Waals surface area contributed by atoms with Gasteiger partial charge in [0.05, 0.1) is 12.3 Å². The number of carbonyl (C=O) groups excluding carboxylic acids is 3. The zero-order valence-electron chi connectivity index (χ0n) is 22.9. The van der Waals surface area contributed by atoms with Crippen molar-refractivity contribution in [2.24, 2.45) is 0 Å². The molecule has 3 aromatic rings. The van der Waals surface area contributed by atoms with Crippen LogP contribution in [0.15, 0.2) is 42.5 Å². The summed E-state index contributed by atoms with van der Waals surface area (Å²) in [5.41, 5.74) is 8.92. The number of ketones is 1. The van der Waals surface area contributed by atoms with Crippen LogP contribution in [0.1, 0.15) is 65.0 Å². The highest BCUT2D eigenvalue weighted by Gasteiger charge is 2.28. The average molecular weight is 571 g/mol. The molecule has 1 saturated carbocycles. The third kappa shape index (κ3) is 8.30. The van der Waals surface area contributed by atoms with Gasteiger partial charge in [-0.15, -0.1) is 5.10 Å². The van der Waals surface area contributed by atoms with Crippen LogP contribution < -0.4 is 15.8 Å². The molecule has 1 aliphatic rings. The average Bonchev–Trinajstić information content (AvgIpc) is 3.67. The summed E-state index contributed by atoms with van der Waals surface area (Å²) in [6.45, 7) is 5.26. The Hall–Kier alpha value is -3.89. The number of aromatic nitrogens is 2. The first-order chi connectivity index (χ1) is 19.2. The van der Waals surface area contributed by atoms with Crippen molar-refractivity contribution in [3.63, 3.8) is 0 Å². The van der Waals surface area contributed by atoms with E-state index in [1.807, 2.05) is 19.1 Å². The van der Waals surface area contributed by atoms with E-state index in [1.165, 1.54) is 4.68 Å². The second-order valence-electron chi connectivity index (χ2n) is 9.22. The Bertz CT molecular complexity index is 1350. The van der Waals surface area contributed by atoms with Gasteiger partial charge in [-0.3, -0.25) is 9.59 Å². The molecule has 1 heterocycles. The van der Waals surface area contributed by atoms with Crippen molar-refractivity contribution in [1.82, 2.24) is 15.1 Å². The molecule has 0 spiro atoms. The van der Waals surface area contributed by atoms with Gasteiger partial charge in [0, 0.05) is 29.7 Å². The molecule has 1 amide bonds. The second kappa shape index (κ2) is 14.5. The Kier molecular flexibility index (Phi) is 11.1. The van der Waals surface area contributed by atoms with Crippen molar-refractivity contribution >= 4 is 35.1 Å². The second-order valence-corrected chi connectivity index (χ2v) is 9.66. The molecule has 0 unspecified atom stereocenters. The molecule has 0 saturated heterocycles.